The van der Waals surface area contributed by atoms with Gasteiger partial charge < -0.3 is 15.7 Å². The third-order valence-electron chi connectivity index (χ3n) is 2.63. The van der Waals surface area contributed by atoms with E-state index >= 15 is 0 Å². The van der Waals surface area contributed by atoms with Gasteiger partial charge in [-0.2, -0.15) is 0 Å². The lowest BCUT2D eigenvalue weighted by molar-refractivity contribution is -0.137. The summed E-state index contributed by atoms with van der Waals surface area (Å²) in [6.07, 6.45) is 3.24. The van der Waals surface area contributed by atoms with Crippen molar-refractivity contribution in [3.8, 4) is 0 Å². The topological polar surface area (TPSA) is 109 Å². The van der Waals surface area contributed by atoms with Crippen LogP contribution in [0.2, 0.25) is 0 Å². The van der Waals surface area contributed by atoms with Gasteiger partial charge in [0.2, 0.25) is 0 Å². The molecule has 0 saturated carbocycles. The van der Waals surface area contributed by atoms with Gasteiger partial charge in [-0.3, -0.25) is 4.79 Å². The van der Waals surface area contributed by atoms with Crippen LogP contribution >= 0.6 is 0 Å². The van der Waals surface area contributed by atoms with E-state index in [-0.39, 0.29) is 25.2 Å². The minimum Gasteiger partial charge on any atom is -0.480 e. The highest BCUT2D eigenvalue weighted by Gasteiger charge is 2.09. The summed E-state index contributed by atoms with van der Waals surface area (Å²) in [4.78, 5) is 22.0. The zero-order chi connectivity index (χ0) is 14.3. The molecule has 1 rings (SSSR count). The Labute approximate surface area is 111 Å². The Kier molecular flexibility index (Phi) is 5.77. The second-order valence-corrected chi connectivity index (χ2v) is 4.14. The summed E-state index contributed by atoms with van der Waals surface area (Å²) in [6.45, 7) is 3.98. The van der Waals surface area contributed by atoms with Gasteiger partial charge in [-0.05, 0) is 12.8 Å². The van der Waals surface area contributed by atoms with Crippen molar-refractivity contribution in [1.29, 1.82) is 0 Å². The standard InChI is InChI=1S/C11H19N5O3/c1-3-8(4-2)13-11(19)12-5-9-6-16(15-14-9)7-10(17)18/h6,8H,3-5,7H2,1-2H3,(H,17,18)(H2,12,13,19). The molecule has 1 heterocycles. The number of nitrogens with zero attached hydrogens (tertiary/aromatic N) is 3. The quantitative estimate of drug-likeness (QED) is 0.661. The molecule has 0 saturated heterocycles. The molecular formula is C11H19N5O3. The van der Waals surface area contributed by atoms with Gasteiger partial charge in [0.25, 0.3) is 0 Å². The average molecular weight is 269 g/mol. The third-order valence-corrected chi connectivity index (χ3v) is 2.63. The Morgan fingerprint density at radius 2 is 2.11 bits per heavy atom. The van der Waals surface area contributed by atoms with Crippen LogP contribution in [0, 0.1) is 0 Å². The van der Waals surface area contributed by atoms with E-state index in [4.69, 9.17) is 5.11 Å². The molecule has 0 aliphatic carbocycles. The van der Waals surface area contributed by atoms with E-state index in [0.29, 0.717) is 5.69 Å². The van der Waals surface area contributed by atoms with E-state index in [1.54, 1.807) is 0 Å². The molecular weight excluding hydrogens is 250 g/mol. The van der Waals surface area contributed by atoms with Gasteiger partial charge in [0.05, 0.1) is 12.7 Å². The Bertz CT molecular complexity index is 428. The summed E-state index contributed by atoms with van der Waals surface area (Å²) in [5.41, 5.74) is 0.515. The first-order chi connectivity index (χ1) is 9.05. The maximum Gasteiger partial charge on any atom is 0.325 e. The lowest BCUT2D eigenvalue weighted by atomic mass is 10.2. The van der Waals surface area contributed by atoms with Gasteiger partial charge >= 0.3 is 12.0 Å². The number of nitrogens with one attached hydrogen (secondary N) is 2. The first-order valence-corrected chi connectivity index (χ1v) is 6.20. The summed E-state index contributed by atoms with van der Waals surface area (Å²) in [5.74, 6) is -0.990. The number of hydrogen-bond donors (Lipinski definition) is 3. The number of aromatic nitrogens is 3. The fourth-order valence-corrected chi connectivity index (χ4v) is 1.54. The fourth-order valence-electron chi connectivity index (χ4n) is 1.54. The van der Waals surface area contributed by atoms with Crippen LogP contribution in [0.4, 0.5) is 4.79 Å². The van der Waals surface area contributed by atoms with Gasteiger partial charge in [-0.1, -0.05) is 19.1 Å². The Morgan fingerprint density at radius 1 is 1.42 bits per heavy atom. The van der Waals surface area contributed by atoms with Crippen LogP contribution in [0.5, 0.6) is 0 Å². The SMILES string of the molecule is CCC(CC)NC(=O)NCc1cn(CC(=O)O)nn1. The fraction of sp³-hybridized carbons (Fsp3) is 0.636. The Morgan fingerprint density at radius 3 is 2.68 bits per heavy atom. The molecule has 1 aromatic heterocycles. The molecule has 1 aromatic rings. The molecule has 0 aromatic carbocycles. The van der Waals surface area contributed by atoms with E-state index in [1.807, 2.05) is 13.8 Å². The van der Waals surface area contributed by atoms with E-state index in [0.717, 1.165) is 12.8 Å². The van der Waals surface area contributed by atoms with E-state index < -0.39 is 5.97 Å². The zero-order valence-electron chi connectivity index (χ0n) is 11.1. The number of carbonyl (C=O) groups is 2. The van der Waals surface area contributed by atoms with Crippen LogP contribution < -0.4 is 10.6 Å². The van der Waals surface area contributed by atoms with Crippen molar-refractivity contribution in [2.75, 3.05) is 0 Å². The van der Waals surface area contributed by atoms with E-state index in [9.17, 15) is 9.59 Å². The molecule has 0 aliphatic heterocycles. The highest BCUT2D eigenvalue weighted by molar-refractivity contribution is 5.74. The number of carbonyl (C=O) groups excluding carboxylic acids is 1. The van der Waals surface area contributed by atoms with Crippen LogP contribution in [0.1, 0.15) is 32.4 Å². The molecule has 0 unspecified atom stereocenters. The monoisotopic (exact) mass is 269 g/mol. The molecule has 0 aliphatic rings. The molecule has 2 amide bonds. The van der Waals surface area contributed by atoms with E-state index in [1.165, 1.54) is 10.9 Å². The normalized spacial score (nSPS) is 10.5. The molecule has 8 heteroatoms. The highest BCUT2D eigenvalue weighted by Crippen LogP contribution is 1.96. The van der Waals surface area contributed by atoms with Crippen LogP contribution in [0.3, 0.4) is 0 Å². The number of aliphatic carboxylic acids is 1. The number of urea groups is 1. The van der Waals surface area contributed by atoms with Gasteiger partial charge in [0.1, 0.15) is 12.2 Å². The maximum atomic E-state index is 11.6. The molecule has 8 nitrogen and oxygen atoms in total. The van der Waals surface area contributed by atoms with Crippen molar-refractivity contribution >= 4 is 12.0 Å². The van der Waals surface area contributed by atoms with Gasteiger partial charge in [0, 0.05) is 6.04 Å². The molecule has 0 radical (unpaired) electrons. The summed E-state index contributed by atoms with van der Waals surface area (Å²) >= 11 is 0. The van der Waals surface area contributed by atoms with Crippen LogP contribution in [-0.2, 0) is 17.9 Å². The average Bonchev–Trinajstić information content (AvgIpc) is 2.80. The third kappa shape index (κ3) is 5.36. The second-order valence-electron chi connectivity index (χ2n) is 4.14. The molecule has 3 N–H and O–H groups in total. The minimum absolute atomic E-state index is 0.155. The van der Waals surface area contributed by atoms with Crippen LogP contribution in [0.25, 0.3) is 0 Å². The number of hydrogen-bond acceptors (Lipinski definition) is 4. The van der Waals surface area contributed by atoms with Gasteiger partial charge in [-0.25, -0.2) is 9.48 Å². The summed E-state index contributed by atoms with van der Waals surface area (Å²) < 4.78 is 1.21. The highest BCUT2D eigenvalue weighted by atomic mass is 16.4. The van der Waals surface area contributed by atoms with Gasteiger partial charge in [-0.15, -0.1) is 5.10 Å². The number of carboxylic acids is 1. The van der Waals surface area contributed by atoms with Crippen molar-refractivity contribution < 1.29 is 14.7 Å². The van der Waals surface area contributed by atoms with Crippen molar-refractivity contribution in [3.63, 3.8) is 0 Å². The summed E-state index contributed by atoms with van der Waals surface area (Å²) in [7, 11) is 0. The predicted molar refractivity (Wildman–Crippen MR) is 67.4 cm³/mol. The minimum atomic E-state index is -0.990. The van der Waals surface area contributed by atoms with E-state index in [2.05, 4.69) is 20.9 Å². The smallest absolute Gasteiger partial charge is 0.325 e. The molecule has 106 valence electrons. The van der Waals surface area contributed by atoms with Crippen LogP contribution in [-0.4, -0.2) is 38.1 Å². The predicted octanol–water partition coefficient (Wildman–Crippen LogP) is 0.350. The number of amides is 2. The summed E-state index contributed by atoms with van der Waals surface area (Å²) in [6, 6.07) is -0.107. The molecule has 0 spiro atoms. The molecule has 0 fully saturated rings. The molecule has 0 atom stereocenters. The largest absolute Gasteiger partial charge is 0.480 e. The van der Waals surface area contributed by atoms with Crippen molar-refractivity contribution in [2.45, 2.75) is 45.8 Å². The zero-order valence-corrected chi connectivity index (χ0v) is 11.1. The molecule has 0 bridgehead atoms. The Hall–Kier alpha value is -2.12. The summed E-state index contributed by atoms with van der Waals surface area (Å²) in [5, 5.41) is 21.5. The first kappa shape index (κ1) is 14.9. The maximum absolute atomic E-state index is 11.6. The second kappa shape index (κ2) is 7.34. The van der Waals surface area contributed by atoms with Crippen molar-refractivity contribution in [3.05, 3.63) is 11.9 Å². The van der Waals surface area contributed by atoms with Crippen molar-refractivity contribution in [2.24, 2.45) is 0 Å². The lowest BCUT2D eigenvalue weighted by Gasteiger charge is -2.14. The lowest BCUT2D eigenvalue weighted by Crippen LogP contribution is -2.41. The van der Waals surface area contributed by atoms with Gasteiger partial charge in [0.15, 0.2) is 0 Å². The van der Waals surface area contributed by atoms with Crippen molar-refractivity contribution in [1.82, 2.24) is 25.6 Å². The number of carboxylic acid groups (broad SMARTS) is 1. The first-order valence-electron chi connectivity index (χ1n) is 6.20. The number of rotatable bonds is 7. The Balaban J connectivity index is 2.37. The molecule has 19 heavy (non-hydrogen) atoms. The van der Waals surface area contributed by atoms with Crippen LogP contribution in [0.15, 0.2) is 6.20 Å².